The Balaban J connectivity index is 2.11. The summed E-state index contributed by atoms with van der Waals surface area (Å²) >= 11 is 0. The van der Waals surface area contributed by atoms with Crippen molar-refractivity contribution in [1.82, 2.24) is 15.1 Å². The van der Waals surface area contributed by atoms with E-state index in [0.29, 0.717) is 13.1 Å². The molecule has 5 nitrogen and oxygen atoms in total. The van der Waals surface area contributed by atoms with E-state index in [2.05, 4.69) is 10.4 Å². The zero-order valence-corrected chi connectivity index (χ0v) is 11.3. The second-order valence-electron chi connectivity index (χ2n) is 4.87. The van der Waals surface area contributed by atoms with Crippen LogP contribution in [0.2, 0.25) is 0 Å². The van der Waals surface area contributed by atoms with Crippen molar-refractivity contribution in [2.24, 2.45) is 11.7 Å². The number of nitrogens with one attached hydrogen (secondary N) is 1. The van der Waals surface area contributed by atoms with Crippen molar-refractivity contribution in [3.63, 3.8) is 0 Å². The molecule has 0 spiro atoms. The lowest BCUT2D eigenvalue weighted by Crippen LogP contribution is -2.32. The van der Waals surface area contributed by atoms with Gasteiger partial charge in [0.15, 0.2) is 0 Å². The fourth-order valence-electron chi connectivity index (χ4n) is 1.78. The van der Waals surface area contributed by atoms with Crippen molar-refractivity contribution in [2.75, 3.05) is 6.54 Å². The van der Waals surface area contributed by atoms with Gasteiger partial charge in [0, 0.05) is 30.9 Å². The Morgan fingerprint density at radius 2 is 2.22 bits per heavy atom. The van der Waals surface area contributed by atoms with Crippen molar-refractivity contribution >= 4 is 5.91 Å². The highest BCUT2D eigenvalue weighted by atomic mass is 16.1. The van der Waals surface area contributed by atoms with E-state index in [1.54, 1.807) is 10.9 Å². The highest BCUT2D eigenvalue weighted by molar-refractivity contribution is 5.78. The quantitative estimate of drug-likeness (QED) is 0.729. The Morgan fingerprint density at radius 3 is 2.83 bits per heavy atom. The molecule has 1 aromatic heterocycles. The zero-order chi connectivity index (χ0) is 13.4. The first kappa shape index (κ1) is 14.7. The third-order valence-corrected chi connectivity index (χ3v) is 2.94. The predicted molar refractivity (Wildman–Crippen MR) is 71.9 cm³/mol. The Bertz CT molecular complexity index is 335. The largest absolute Gasteiger partial charge is 0.354 e. The lowest BCUT2D eigenvalue weighted by molar-refractivity contribution is -0.124. The van der Waals surface area contributed by atoms with Gasteiger partial charge in [0.25, 0.3) is 0 Å². The molecule has 0 saturated heterocycles. The number of nitrogens with two attached hydrogens (primary N) is 1. The van der Waals surface area contributed by atoms with E-state index in [1.807, 2.05) is 26.1 Å². The molecule has 1 aromatic rings. The molecule has 0 aliphatic heterocycles. The van der Waals surface area contributed by atoms with Crippen LogP contribution >= 0.6 is 0 Å². The molecule has 0 bridgehead atoms. The van der Waals surface area contributed by atoms with Crippen LogP contribution in [-0.4, -0.2) is 28.3 Å². The fraction of sp³-hybridized carbons (Fsp3) is 0.692. The van der Waals surface area contributed by atoms with Gasteiger partial charge in [-0.3, -0.25) is 9.48 Å². The summed E-state index contributed by atoms with van der Waals surface area (Å²) in [4.78, 5) is 11.8. The molecule has 0 saturated carbocycles. The maximum Gasteiger partial charge on any atom is 0.222 e. The van der Waals surface area contributed by atoms with Gasteiger partial charge in [-0.15, -0.1) is 0 Å². The third kappa shape index (κ3) is 5.82. The van der Waals surface area contributed by atoms with E-state index >= 15 is 0 Å². The summed E-state index contributed by atoms with van der Waals surface area (Å²) in [7, 11) is 0. The summed E-state index contributed by atoms with van der Waals surface area (Å²) in [5, 5.41) is 7.01. The zero-order valence-electron chi connectivity index (χ0n) is 11.3. The number of hydrogen-bond donors (Lipinski definition) is 2. The molecule has 18 heavy (non-hydrogen) atoms. The molecule has 2 atom stereocenters. The Hall–Kier alpha value is -1.36. The van der Waals surface area contributed by atoms with E-state index in [9.17, 15) is 4.79 Å². The van der Waals surface area contributed by atoms with Gasteiger partial charge in [-0.05, 0) is 25.8 Å². The number of carbonyl (C=O) groups is 1. The van der Waals surface area contributed by atoms with Crippen molar-refractivity contribution in [3.05, 3.63) is 18.5 Å². The van der Waals surface area contributed by atoms with Gasteiger partial charge >= 0.3 is 0 Å². The molecule has 5 heteroatoms. The minimum absolute atomic E-state index is 0.0568. The van der Waals surface area contributed by atoms with Crippen molar-refractivity contribution < 1.29 is 4.79 Å². The van der Waals surface area contributed by atoms with E-state index in [1.165, 1.54) is 0 Å². The maximum atomic E-state index is 11.8. The highest BCUT2D eigenvalue weighted by Crippen LogP contribution is 2.08. The SMILES string of the molecule is CC(N)CCCC(C)C(=O)NCCn1cccn1. The first-order chi connectivity index (χ1) is 8.59. The summed E-state index contributed by atoms with van der Waals surface area (Å²) in [6.45, 7) is 5.29. The van der Waals surface area contributed by atoms with Crippen LogP contribution < -0.4 is 11.1 Å². The van der Waals surface area contributed by atoms with Crippen molar-refractivity contribution in [2.45, 2.75) is 45.7 Å². The lowest BCUT2D eigenvalue weighted by Gasteiger charge is -2.12. The van der Waals surface area contributed by atoms with Crippen LogP contribution in [0.5, 0.6) is 0 Å². The molecular formula is C13H24N4O. The van der Waals surface area contributed by atoms with Crippen LogP contribution in [0.4, 0.5) is 0 Å². The Morgan fingerprint density at radius 1 is 1.44 bits per heavy atom. The average molecular weight is 252 g/mol. The predicted octanol–water partition coefficient (Wildman–Crippen LogP) is 1.15. The van der Waals surface area contributed by atoms with E-state index in [-0.39, 0.29) is 17.9 Å². The molecule has 0 radical (unpaired) electrons. The van der Waals surface area contributed by atoms with Crippen LogP contribution in [0.15, 0.2) is 18.5 Å². The molecule has 2 unspecified atom stereocenters. The molecular weight excluding hydrogens is 228 g/mol. The van der Waals surface area contributed by atoms with E-state index < -0.39 is 0 Å². The van der Waals surface area contributed by atoms with Crippen LogP contribution in [0, 0.1) is 5.92 Å². The highest BCUT2D eigenvalue weighted by Gasteiger charge is 2.11. The summed E-state index contributed by atoms with van der Waals surface area (Å²) in [6, 6.07) is 2.10. The number of aromatic nitrogens is 2. The van der Waals surface area contributed by atoms with Gasteiger partial charge in [-0.1, -0.05) is 13.3 Å². The molecule has 0 aromatic carbocycles. The van der Waals surface area contributed by atoms with Gasteiger partial charge in [0.2, 0.25) is 5.91 Å². The topological polar surface area (TPSA) is 72.9 Å². The second kappa shape index (κ2) is 7.87. The Labute approximate surface area is 109 Å². The normalized spacial score (nSPS) is 14.2. The van der Waals surface area contributed by atoms with Crippen molar-refractivity contribution in [3.8, 4) is 0 Å². The van der Waals surface area contributed by atoms with Gasteiger partial charge in [-0.25, -0.2) is 0 Å². The standard InChI is InChI=1S/C13H24N4O/c1-11(5-3-6-12(2)14)13(18)15-8-10-17-9-4-7-16-17/h4,7,9,11-12H,3,5-6,8,10,14H2,1-2H3,(H,15,18). The maximum absolute atomic E-state index is 11.8. The summed E-state index contributed by atoms with van der Waals surface area (Å²) in [6.07, 6.45) is 6.50. The first-order valence-electron chi connectivity index (χ1n) is 6.60. The van der Waals surface area contributed by atoms with Crippen LogP contribution in [-0.2, 0) is 11.3 Å². The summed E-state index contributed by atoms with van der Waals surface area (Å²) < 4.78 is 1.81. The van der Waals surface area contributed by atoms with E-state index in [0.717, 1.165) is 19.3 Å². The fourth-order valence-corrected chi connectivity index (χ4v) is 1.78. The van der Waals surface area contributed by atoms with E-state index in [4.69, 9.17) is 5.73 Å². The monoisotopic (exact) mass is 252 g/mol. The molecule has 102 valence electrons. The second-order valence-corrected chi connectivity index (χ2v) is 4.87. The summed E-state index contributed by atoms with van der Waals surface area (Å²) in [5.41, 5.74) is 5.68. The minimum atomic E-state index is 0.0568. The van der Waals surface area contributed by atoms with Gasteiger partial charge in [0.1, 0.15) is 0 Å². The molecule has 1 rings (SSSR count). The number of nitrogens with zero attached hydrogens (tertiary/aromatic N) is 2. The third-order valence-electron chi connectivity index (χ3n) is 2.94. The minimum Gasteiger partial charge on any atom is -0.354 e. The van der Waals surface area contributed by atoms with Crippen LogP contribution in [0.3, 0.4) is 0 Å². The molecule has 3 N–H and O–H groups in total. The smallest absolute Gasteiger partial charge is 0.222 e. The lowest BCUT2D eigenvalue weighted by atomic mass is 10.0. The molecule has 1 heterocycles. The first-order valence-corrected chi connectivity index (χ1v) is 6.60. The van der Waals surface area contributed by atoms with Crippen molar-refractivity contribution in [1.29, 1.82) is 0 Å². The summed E-state index contributed by atoms with van der Waals surface area (Å²) in [5.74, 6) is 0.174. The number of rotatable bonds is 8. The molecule has 0 aliphatic rings. The number of hydrogen-bond acceptors (Lipinski definition) is 3. The molecule has 0 aliphatic carbocycles. The van der Waals surface area contributed by atoms with Gasteiger partial charge in [0.05, 0.1) is 6.54 Å². The molecule has 0 fully saturated rings. The average Bonchev–Trinajstić information content (AvgIpc) is 2.81. The van der Waals surface area contributed by atoms with Gasteiger partial charge < -0.3 is 11.1 Å². The number of carbonyl (C=O) groups excluding carboxylic acids is 1. The van der Waals surface area contributed by atoms with Gasteiger partial charge in [-0.2, -0.15) is 5.10 Å². The molecule has 1 amide bonds. The van der Waals surface area contributed by atoms with Crippen LogP contribution in [0.1, 0.15) is 33.1 Å². The Kier molecular flexibility index (Phi) is 6.43. The number of amides is 1. The van der Waals surface area contributed by atoms with Crippen LogP contribution in [0.25, 0.3) is 0 Å².